The molecule has 0 aliphatic heterocycles. The standard InChI is InChI=1S/C15H16FNOS/c1-10(14-7-6-11(16)8-15(14)18)17-12-4-3-5-13(9-12)19-2/h3-10,17-18H,1-2H3. The van der Waals surface area contributed by atoms with Crippen molar-refractivity contribution in [3.63, 3.8) is 0 Å². The van der Waals surface area contributed by atoms with E-state index in [9.17, 15) is 9.50 Å². The van der Waals surface area contributed by atoms with Crippen molar-refractivity contribution in [1.82, 2.24) is 0 Å². The van der Waals surface area contributed by atoms with E-state index in [1.807, 2.05) is 37.4 Å². The number of hydrogen-bond acceptors (Lipinski definition) is 3. The summed E-state index contributed by atoms with van der Waals surface area (Å²) in [6.45, 7) is 1.93. The number of hydrogen-bond donors (Lipinski definition) is 2. The molecular weight excluding hydrogens is 261 g/mol. The third-order valence-electron chi connectivity index (χ3n) is 2.91. The fourth-order valence-electron chi connectivity index (χ4n) is 1.92. The van der Waals surface area contributed by atoms with Gasteiger partial charge in [0.25, 0.3) is 0 Å². The maximum Gasteiger partial charge on any atom is 0.126 e. The molecule has 0 amide bonds. The van der Waals surface area contributed by atoms with E-state index < -0.39 is 5.82 Å². The van der Waals surface area contributed by atoms with E-state index in [1.165, 1.54) is 11.0 Å². The van der Waals surface area contributed by atoms with Crippen LogP contribution in [-0.2, 0) is 0 Å². The summed E-state index contributed by atoms with van der Waals surface area (Å²) < 4.78 is 13.0. The number of benzene rings is 2. The number of rotatable bonds is 4. The Hall–Kier alpha value is -1.68. The van der Waals surface area contributed by atoms with Crippen molar-refractivity contribution in [3.8, 4) is 5.75 Å². The van der Waals surface area contributed by atoms with Crippen LogP contribution in [0.3, 0.4) is 0 Å². The first-order chi connectivity index (χ1) is 9.10. The zero-order valence-electron chi connectivity index (χ0n) is 10.9. The summed E-state index contributed by atoms with van der Waals surface area (Å²) in [5, 5.41) is 13.1. The molecule has 4 heteroatoms. The first-order valence-corrected chi connectivity index (χ1v) is 7.21. The van der Waals surface area contributed by atoms with Crippen LogP contribution in [0.15, 0.2) is 47.4 Å². The number of phenols is 1. The molecule has 0 saturated carbocycles. The maximum atomic E-state index is 13.0. The summed E-state index contributed by atoms with van der Waals surface area (Å²) in [7, 11) is 0. The van der Waals surface area contributed by atoms with Gasteiger partial charge in [0.1, 0.15) is 11.6 Å². The predicted octanol–water partition coefficient (Wildman–Crippen LogP) is 4.43. The van der Waals surface area contributed by atoms with Crippen LogP contribution in [0, 0.1) is 5.82 Å². The normalized spacial score (nSPS) is 12.2. The average molecular weight is 277 g/mol. The van der Waals surface area contributed by atoms with Gasteiger partial charge in [-0.05, 0) is 37.4 Å². The molecule has 100 valence electrons. The van der Waals surface area contributed by atoms with E-state index in [1.54, 1.807) is 17.8 Å². The molecule has 2 aromatic rings. The van der Waals surface area contributed by atoms with Crippen LogP contribution in [0.4, 0.5) is 10.1 Å². The van der Waals surface area contributed by atoms with Gasteiger partial charge in [0, 0.05) is 22.2 Å². The number of anilines is 1. The summed E-state index contributed by atoms with van der Waals surface area (Å²) in [5.41, 5.74) is 1.65. The van der Waals surface area contributed by atoms with Gasteiger partial charge in [-0.3, -0.25) is 0 Å². The van der Waals surface area contributed by atoms with Crippen LogP contribution < -0.4 is 5.32 Å². The first kappa shape index (κ1) is 13.7. The second-order valence-electron chi connectivity index (χ2n) is 4.30. The quantitative estimate of drug-likeness (QED) is 0.811. The molecule has 0 heterocycles. The molecule has 2 N–H and O–H groups in total. The van der Waals surface area contributed by atoms with Gasteiger partial charge in [0.05, 0.1) is 6.04 Å². The third kappa shape index (κ3) is 3.41. The number of halogens is 1. The molecule has 0 aliphatic rings. The van der Waals surface area contributed by atoms with Crippen molar-refractivity contribution in [2.24, 2.45) is 0 Å². The van der Waals surface area contributed by atoms with E-state index in [4.69, 9.17) is 0 Å². The summed E-state index contributed by atoms with van der Waals surface area (Å²) in [5.74, 6) is -0.459. The minimum absolute atomic E-state index is 0.0268. The second kappa shape index (κ2) is 5.97. The summed E-state index contributed by atoms with van der Waals surface area (Å²) in [6, 6.07) is 12.0. The Morgan fingerprint density at radius 3 is 2.68 bits per heavy atom. The van der Waals surface area contributed by atoms with Gasteiger partial charge in [0.15, 0.2) is 0 Å². The summed E-state index contributed by atoms with van der Waals surface area (Å²) in [6.07, 6.45) is 2.02. The molecular formula is C15H16FNOS. The lowest BCUT2D eigenvalue weighted by atomic mass is 10.1. The molecule has 1 atom stereocenters. The molecule has 0 fully saturated rings. The average Bonchev–Trinajstić information content (AvgIpc) is 2.38. The molecule has 2 aromatic carbocycles. The highest BCUT2D eigenvalue weighted by molar-refractivity contribution is 7.98. The van der Waals surface area contributed by atoms with Gasteiger partial charge in [-0.25, -0.2) is 4.39 Å². The third-order valence-corrected chi connectivity index (χ3v) is 3.64. The van der Waals surface area contributed by atoms with Crippen LogP contribution in [0.1, 0.15) is 18.5 Å². The molecule has 2 nitrogen and oxygen atoms in total. The highest BCUT2D eigenvalue weighted by Crippen LogP contribution is 2.28. The van der Waals surface area contributed by atoms with Gasteiger partial charge in [-0.15, -0.1) is 11.8 Å². The largest absolute Gasteiger partial charge is 0.507 e. The Labute approximate surface area is 116 Å². The van der Waals surface area contributed by atoms with Crippen LogP contribution in [0.25, 0.3) is 0 Å². The van der Waals surface area contributed by atoms with Gasteiger partial charge in [0.2, 0.25) is 0 Å². The molecule has 19 heavy (non-hydrogen) atoms. The number of phenolic OH excluding ortho intramolecular Hbond substituents is 1. The number of aromatic hydroxyl groups is 1. The van der Waals surface area contributed by atoms with Crippen molar-refractivity contribution in [1.29, 1.82) is 0 Å². The van der Waals surface area contributed by atoms with E-state index in [-0.39, 0.29) is 11.8 Å². The molecule has 0 aliphatic carbocycles. The van der Waals surface area contributed by atoms with Crippen molar-refractivity contribution >= 4 is 17.4 Å². The molecule has 1 unspecified atom stereocenters. The fourth-order valence-corrected chi connectivity index (χ4v) is 2.38. The highest BCUT2D eigenvalue weighted by atomic mass is 32.2. The molecule has 0 saturated heterocycles. The van der Waals surface area contributed by atoms with Crippen LogP contribution in [0.2, 0.25) is 0 Å². The van der Waals surface area contributed by atoms with Crippen molar-refractivity contribution in [3.05, 3.63) is 53.8 Å². The number of nitrogens with one attached hydrogen (secondary N) is 1. The summed E-state index contributed by atoms with van der Waals surface area (Å²) in [4.78, 5) is 1.17. The molecule has 0 spiro atoms. The van der Waals surface area contributed by atoms with Gasteiger partial charge >= 0.3 is 0 Å². The predicted molar refractivity (Wildman–Crippen MR) is 78.3 cm³/mol. The zero-order chi connectivity index (χ0) is 13.8. The second-order valence-corrected chi connectivity index (χ2v) is 5.18. The van der Waals surface area contributed by atoms with Crippen LogP contribution in [0.5, 0.6) is 5.75 Å². The van der Waals surface area contributed by atoms with E-state index in [0.717, 1.165) is 11.8 Å². The Bertz CT molecular complexity index is 574. The molecule has 2 rings (SSSR count). The Kier molecular flexibility index (Phi) is 4.32. The zero-order valence-corrected chi connectivity index (χ0v) is 11.7. The van der Waals surface area contributed by atoms with Crippen LogP contribution in [-0.4, -0.2) is 11.4 Å². The van der Waals surface area contributed by atoms with Gasteiger partial charge < -0.3 is 10.4 Å². The van der Waals surface area contributed by atoms with E-state index in [0.29, 0.717) is 5.56 Å². The highest BCUT2D eigenvalue weighted by Gasteiger charge is 2.11. The van der Waals surface area contributed by atoms with Gasteiger partial charge in [-0.1, -0.05) is 12.1 Å². The van der Waals surface area contributed by atoms with E-state index in [2.05, 4.69) is 5.32 Å². The molecule has 0 radical (unpaired) electrons. The van der Waals surface area contributed by atoms with Crippen molar-refractivity contribution < 1.29 is 9.50 Å². The smallest absolute Gasteiger partial charge is 0.126 e. The Balaban J connectivity index is 2.17. The Morgan fingerprint density at radius 1 is 1.21 bits per heavy atom. The molecule has 0 bridgehead atoms. The number of thioether (sulfide) groups is 1. The maximum absolute atomic E-state index is 13.0. The SMILES string of the molecule is CSc1cccc(NC(C)c2ccc(F)cc2O)c1. The van der Waals surface area contributed by atoms with Crippen molar-refractivity contribution in [2.75, 3.05) is 11.6 Å². The van der Waals surface area contributed by atoms with E-state index >= 15 is 0 Å². The minimum Gasteiger partial charge on any atom is -0.507 e. The Morgan fingerprint density at radius 2 is 2.00 bits per heavy atom. The topological polar surface area (TPSA) is 32.3 Å². The first-order valence-electron chi connectivity index (χ1n) is 5.99. The monoisotopic (exact) mass is 277 g/mol. The lowest BCUT2D eigenvalue weighted by molar-refractivity contribution is 0.459. The summed E-state index contributed by atoms with van der Waals surface area (Å²) >= 11 is 1.67. The van der Waals surface area contributed by atoms with Gasteiger partial charge in [-0.2, -0.15) is 0 Å². The van der Waals surface area contributed by atoms with Crippen molar-refractivity contribution in [2.45, 2.75) is 17.9 Å². The fraction of sp³-hybridized carbons (Fsp3) is 0.200. The minimum atomic E-state index is -0.433. The lowest BCUT2D eigenvalue weighted by Gasteiger charge is -2.17. The van der Waals surface area contributed by atoms with Crippen LogP contribution >= 0.6 is 11.8 Å². The molecule has 0 aromatic heterocycles. The lowest BCUT2D eigenvalue weighted by Crippen LogP contribution is -2.07.